The number of halogens is 2. The molecule has 0 saturated carbocycles. The number of aliphatic hydroxyl groups excluding tert-OH is 1. The average molecular weight is 393 g/mol. The van der Waals surface area contributed by atoms with E-state index in [9.17, 15) is 9.90 Å². The number of rotatable bonds is 6. The molecular weight excluding hydrogens is 371 g/mol. The SMILES string of the molecule is CCC(=O)N(CC1Cc2cc(Cl)c(Cl)cc2C1)CC(O)c1cccnc1. The van der Waals surface area contributed by atoms with E-state index in [-0.39, 0.29) is 12.5 Å². The molecule has 1 heterocycles. The van der Waals surface area contributed by atoms with Gasteiger partial charge in [0.1, 0.15) is 0 Å². The van der Waals surface area contributed by atoms with Crippen LogP contribution in [0, 0.1) is 5.92 Å². The number of aliphatic hydroxyl groups is 1. The Morgan fingerprint density at radius 2 is 1.96 bits per heavy atom. The number of aromatic nitrogens is 1. The molecule has 0 bridgehead atoms. The third-order valence-corrected chi connectivity index (χ3v) is 5.58. The number of carbonyl (C=O) groups excluding carboxylic acids is 1. The van der Waals surface area contributed by atoms with Gasteiger partial charge in [-0.15, -0.1) is 0 Å². The van der Waals surface area contributed by atoms with Crippen LogP contribution in [0.2, 0.25) is 10.0 Å². The van der Waals surface area contributed by atoms with Gasteiger partial charge in [0.25, 0.3) is 0 Å². The molecule has 3 rings (SSSR count). The fraction of sp³-hybridized carbons (Fsp3) is 0.400. The molecule has 1 unspecified atom stereocenters. The molecule has 0 radical (unpaired) electrons. The summed E-state index contributed by atoms with van der Waals surface area (Å²) in [5, 5.41) is 11.6. The first kappa shape index (κ1) is 19.2. The zero-order chi connectivity index (χ0) is 18.7. The van der Waals surface area contributed by atoms with E-state index in [1.165, 1.54) is 11.1 Å². The monoisotopic (exact) mass is 392 g/mol. The lowest BCUT2D eigenvalue weighted by molar-refractivity contribution is -0.133. The van der Waals surface area contributed by atoms with E-state index in [4.69, 9.17) is 23.2 Å². The zero-order valence-electron chi connectivity index (χ0n) is 14.7. The Morgan fingerprint density at radius 1 is 1.31 bits per heavy atom. The summed E-state index contributed by atoms with van der Waals surface area (Å²) in [7, 11) is 0. The van der Waals surface area contributed by atoms with Gasteiger partial charge < -0.3 is 10.0 Å². The Labute approximate surface area is 163 Å². The second-order valence-electron chi connectivity index (χ2n) is 6.76. The van der Waals surface area contributed by atoms with Crippen LogP contribution in [0.4, 0.5) is 0 Å². The summed E-state index contributed by atoms with van der Waals surface area (Å²) in [5.74, 6) is 0.344. The number of amides is 1. The summed E-state index contributed by atoms with van der Waals surface area (Å²) in [6.45, 7) is 2.72. The predicted molar refractivity (Wildman–Crippen MR) is 103 cm³/mol. The Balaban J connectivity index is 1.69. The van der Waals surface area contributed by atoms with Crippen molar-refractivity contribution in [1.82, 2.24) is 9.88 Å². The molecule has 1 aromatic carbocycles. The van der Waals surface area contributed by atoms with Crippen molar-refractivity contribution in [3.8, 4) is 0 Å². The molecule has 4 nitrogen and oxygen atoms in total. The summed E-state index contributed by atoms with van der Waals surface area (Å²) < 4.78 is 0. The lowest BCUT2D eigenvalue weighted by atomic mass is 10.0. The smallest absolute Gasteiger partial charge is 0.222 e. The maximum atomic E-state index is 12.4. The van der Waals surface area contributed by atoms with E-state index < -0.39 is 6.10 Å². The highest BCUT2D eigenvalue weighted by molar-refractivity contribution is 6.42. The van der Waals surface area contributed by atoms with Gasteiger partial charge in [-0.3, -0.25) is 9.78 Å². The first-order valence-corrected chi connectivity index (χ1v) is 9.56. The van der Waals surface area contributed by atoms with Crippen molar-refractivity contribution in [1.29, 1.82) is 0 Å². The summed E-state index contributed by atoms with van der Waals surface area (Å²) in [4.78, 5) is 18.2. The molecule has 0 aliphatic heterocycles. The van der Waals surface area contributed by atoms with E-state index >= 15 is 0 Å². The lowest BCUT2D eigenvalue weighted by Crippen LogP contribution is -2.38. The molecule has 1 atom stereocenters. The Morgan fingerprint density at radius 3 is 2.50 bits per heavy atom. The second kappa shape index (κ2) is 8.38. The van der Waals surface area contributed by atoms with Gasteiger partial charge in [-0.05, 0) is 48.1 Å². The fourth-order valence-corrected chi connectivity index (χ4v) is 3.91. The van der Waals surface area contributed by atoms with Crippen LogP contribution in [-0.4, -0.2) is 34.0 Å². The summed E-state index contributed by atoms with van der Waals surface area (Å²) in [5.41, 5.74) is 3.11. The van der Waals surface area contributed by atoms with Crippen LogP contribution in [0.3, 0.4) is 0 Å². The standard InChI is InChI=1S/C20H22Cl2N2O2/c1-2-20(26)24(12-19(25)14-4-3-5-23-10-14)11-13-6-15-8-17(21)18(22)9-16(15)7-13/h3-5,8-10,13,19,25H,2,6-7,11-12H2,1H3. The molecular formula is C20H22Cl2N2O2. The lowest BCUT2D eigenvalue weighted by Gasteiger charge is -2.28. The number of carbonyl (C=O) groups is 1. The van der Waals surface area contributed by atoms with Crippen LogP contribution in [0.25, 0.3) is 0 Å². The van der Waals surface area contributed by atoms with Crippen molar-refractivity contribution in [2.24, 2.45) is 5.92 Å². The van der Waals surface area contributed by atoms with Crippen LogP contribution >= 0.6 is 23.2 Å². The number of hydrogen-bond donors (Lipinski definition) is 1. The van der Waals surface area contributed by atoms with E-state index in [1.54, 1.807) is 23.4 Å². The van der Waals surface area contributed by atoms with Gasteiger partial charge >= 0.3 is 0 Å². The highest BCUT2D eigenvalue weighted by atomic mass is 35.5. The third kappa shape index (κ3) is 4.37. The molecule has 6 heteroatoms. The van der Waals surface area contributed by atoms with Crippen molar-refractivity contribution < 1.29 is 9.90 Å². The minimum Gasteiger partial charge on any atom is -0.386 e. The highest BCUT2D eigenvalue weighted by Gasteiger charge is 2.27. The number of fused-ring (bicyclic) bond motifs is 1. The largest absolute Gasteiger partial charge is 0.386 e. The van der Waals surface area contributed by atoms with Crippen molar-refractivity contribution >= 4 is 29.1 Å². The molecule has 0 spiro atoms. The van der Waals surface area contributed by atoms with Crippen molar-refractivity contribution in [2.45, 2.75) is 32.3 Å². The Hall–Kier alpha value is -1.62. The van der Waals surface area contributed by atoms with Crippen LogP contribution in [-0.2, 0) is 17.6 Å². The molecule has 1 aromatic heterocycles. The normalized spacial score (nSPS) is 14.9. The maximum Gasteiger partial charge on any atom is 0.222 e. The molecule has 138 valence electrons. The van der Waals surface area contributed by atoms with E-state index in [0.29, 0.717) is 28.9 Å². The molecule has 1 N–H and O–H groups in total. The molecule has 1 amide bonds. The van der Waals surface area contributed by atoms with Crippen LogP contribution in [0.1, 0.15) is 36.1 Å². The molecule has 1 aliphatic carbocycles. The van der Waals surface area contributed by atoms with Crippen molar-refractivity contribution in [2.75, 3.05) is 13.1 Å². The van der Waals surface area contributed by atoms with E-state index in [2.05, 4.69) is 4.98 Å². The van der Waals surface area contributed by atoms with Crippen molar-refractivity contribution in [3.63, 3.8) is 0 Å². The molecule has 0 saturated heterocycles. The molecule has 26 heavy (non-hydrogen) atoms. The average Bonchev–Trinajstić information content (AvgIpc) is 3.02. The summed E-state index contributed by atoms with van der Waals surface area (Å²) >= 11 is 12.2. The van der Waals surface area contributed by atoms with Gasteiger partial charge in [-0.25, -0.2) is 0 Å². The van der Waals surface area contributed by atoms with Gasteiger partial charge in [-0.2, -0.15) is 0 Å². The van der Waals surface area contributed by atoms with Gasteiger partial charge in [0, 0.05) is 30.9 Å². The predicted octanol–water partition coefficient (Wildman–Crippen LogP) is 4.08. The van der Waals surface area contributed by atoms with Gasteiger partial charge in [0.2, 0.25) is 5.91 Å². The molecule has 0 fully saturated rings. The van der Waals surface area contributed by atoms with Crippen LogP contribution in [0.5, 0.6) is 0 Å². The van der Waals surface area contributed by atoms with E-state index in [1.807, 2.05) is 25.1 Å². The van der Waals surface area contributed by atoms with Crippen molar-refractivity contribution in [3.05, 3.63) is 63.4 Å². The Kier molecular flexibility index (Phi) is 6.17. The number of benzene rings is 1. The first-order valence-electron chi connectivity index (χ1n) is 8.80. The molecule has 1 aliphatic rings. The minimum absolute atomic E-state index is 0.0416. The molecule has 2 aromatic rings. The first-order chi connectivity index (χ1) is 12.5. The third-order valence-electron chi connectivity index (χ3n) is 4.86. The summed E-state index contributed by atoms with van der Waals surface area (Å²) in [6.07, 6.45) is 4.70. The maximum absolute atomic E-state index is 12.4. The van der Waals surface area contributed by atoms with E-state index in [0.717, 1.165) is 18.4 Å². The topological polar surface area (TPSA) is 53.4 Å². The quantitative estimate of drug-likeness (QED) is 0.805. The van der Waals surface area contributed by atoms with Gasteiger partial charge in [0.05, 0.1) is 22.7 Å². The minimum atomic E-state index is -0.744. The zero-order valence-corrected chi connectivity index (χ0v) is 16.2. The number of hydrogen-bond acceptors (Lipinski definition) is 3. The Bertz CT molecular complexity index is 752. The fourth-order valence-electron chi connectivity index (χ4n) is 3.53. The van der Waals surface area contributed by atoms with Gasteiger partial charge in [0.15, 0.2) is 0 Å². The number of pyridine rings is 1. The van der Waals surface area contributed by atoms with Crippen LogP contribution in [0.15, 0.2) is 36.7 Å². The number of nitrogens with zero attached hydrogens (tertiary/aromatic N) is 2. The van der Waals surface area contributed by atoms with Crippen LogP contribution < -0.4 is 0 Å². The second-order valence-corrected chi connectivity index (χ2v) is 7.58. The van der Waals surface area contributed by atoms with Gasteiger partial charge in [-0.1, -0.05) is 36.2 Å². The highest BCUT2D eigenvalue weighted by Crippen LogP contribution is 2.34. The summed E-state index contributed by atoms with van der Waals surface area (Å²) in [6, 6.07) is 7.46.